The average Bonchev–Trinajstić information content (AvgIpc) is 2.70. The van der Waals surface area contributed by atoms with Crippen molar-refractivity contribution in [1.29, 1.82) is 0 Å². The van der Waals surface area contributed by atoms with Crippen molar-refractivity contribution in [2.24, 2.45) is 10.2 Å². The molecule has 4 nitrogen and oxygen atoms in total. The van der Waals surface area contributed by atoms with Gasteiger partial charge in [-0.05, 0) is 23.0 Å². The van der Waals surface area contributed by atoms with Crippen molar-refractivity contribution in [3.63, 3.8) is 0 Å². The fourth-order valence-electron chi connectivity index (χ4n) is 1.72. The average molecular weight is 256 g/mol. The lowest BCUT2D eigenvalue weighted by molar-refractivity contribution is 0.642. The highest BCUT2D eigenvalue weighted by Gasteiger charge is 2.24. The first-order valence-corrected chi connectivity index (χ1v) is 7.33. The highest BCUT2D eigenvalue weighted by atomic mass is 32.2. The van der Waals surface area contributed by atoms with Gasteiger partial charge >= 0.3 is 0 Å². The number of rotatable bonds is 2. The number of hydrogen-bond donors (Lipinski definition) is 0. The van der Waals surface area contributed by atoms with Crippen LogP contribution in [0.2, 0.25) is 0 Å². The minimum Gasteiger partial charge on any atom is -0.258 e. The van der Waals surface area contributed by atoms with Gasteiger partial charge in [0, 0.05) is 0 Å². The third-order valence-corrected chi connectivity index (χ3v) is 4.99. The molecule has 1 aromatic rings. The van der Waals surface area contributed by atoms with Crippen LogP contribution in [-0.4, -0.2) is 21.8 Å². The Morgan fingerprint density at radius 3 is 3.19 bits per heavy atom. The quantitative estimate of drug-likeness (QED) is 0.763. The van der Waals surface area contributed by atoms with Crippen LogP contribution >= 0.6 is 11.3 Å². The monoisotopic (exact) mass is 256 g/mol. The number of aliphatic imine (C=N–C) groups is 1. The summed E-state index contributed by atoms with van der Waals surface area (Å²) in [4.78, 5) is 16.4. The Labute approximate surface area is 100 Å². The Kier molecular flexibility index (Phi) is 3.60. The molecule has 0 N–H and O–H groups in total. The molecule has 0 aliphatic carbocycles. The zero-order valence-corrected chi connectivity index (χ0v) is 10.5. The molecule has 0 saturated carbocycles. The first-order chi connectivity index (χ1) is 7.76. The third kappa shape index (κ3) is 2.12. The second-order valence-corrected chi connectivity index (χ2v) is 5.99. The van der Waals surface area contributed by atoms with E-state index in [0.29, 0.717) is 15.5 Å². The Morgan fingerprint density at radius 2 is 2.50 bits per heavy atom. The SMILES string of the molecule is CCCC1CS(=O)c2ccsc2C(N=O)=N1. The van der Waals surface area contributed by atoms with Crippen LogP contribution < -0.4 is 0 Å². The van der Waals surface area contributed by atoms with Crippen molar-refractivity contribution < 1.29 is 4.21 Å². The molecule has 2 unspecified atom stereocenters. The lowest BCUT2D eigenvalue weighted by Crippen LogP contribution is -2.13. The Balaban J connectivity index is 2.42. The van der Waals surface area contributed by atoms with Gasteiger partial charge < -0.3 is 0 Å². The van der Waals surface area contributed by atoms with Crippen LogP contribution in [0, 0.1) is 4.91 Å². The van der Waals surface area contributed by atoms with E-state index in [1.165, 1.54) is 11.3 Å². The fraction of sp³-hybridized carbons (Fsp3) is 0.500. The van der Waals surface area contributed by atoms with E-state index < -0.39 is 10.8 Å². The molecule has 16 heavy (non-hydrogen) atoms. The molecule has 2 atom stereocenters. The summed E-state index contributed by atoms with van der Waals surface area (Å²) in [6.45, 7) is 2.05. The fourth-order valence-corrected chi connectivity index (χ4v) is 4.24. The second-order valence-electron chi connectivity index (χ2n) is 3.61. The Hall–Kier alpha value is -0.880. The maximum absolute atomic E-state index is 12.0. The Bertz CT molecular complexity index is 453. The van der Waals surface area contributed by atoms with Gasteiger partial charge in [-0.3, -0.25) is 9.20 Å². The highest BCUT2D eigenvalue weighted by molar-refractivity contribution is 7.85. The van der Waals surface area contributed by atoms with Gasteiger partial charge in [0.15, 0.2) is 0 Å². The van der Waals surface area contributed by atoms with Gasteiger partial charge in [-0.2, -0.15) is 0 Å². The lowest BCUT2D eigenvalue weighted by atomic mass is 10.2. The normalized spacial score (nSPS) is 24.4. The van der Waals surface area contributed by atoms with Crippen molar-refractivity contribution in [2.45, 2.75) is 30.7 Å². The molecule has 1 aliphatic rings. The van der Waals surface area contributed by atoms with E-state index in [-0.39, 0.29) is 11.9 Å². The highest BCUT2D eigenvalue weighted by Crippen LogP contribution is 2.26. The molecule has 86 valence electrons. The molecule has 0 fully saturated rings. The molecule has 1 aliphatic heterocycles. The van der Waals surface area contributed by atoms with E-state index in [9.17, 15) is 9.12 Å². The number of fused-ring (bicyclic) bond motifs is 1. The predicted octanol–water partition coefficient (Wildman–Crippen LogP) is 2.55. The molecule has 0 aromatic carbocycles. The molecule has 0 bridgehead atoms. The maximum Gasteiger partial charge on any atom is 0.210 e. The molecule has 1 aromatic heterocycles. The number of nitrogens with zero attached hydrogens (tertiary/aromatic N) is 2. The molecule has 0 radical (unpaired) electrons. The van der Waals surface area contributed by atoms with Crippen molar-refractivity contribution in [3.8, 4) is 0 Å². The minimum absolute atomic E-state index is 0.0434. The van der Waals surface area contributed by atoms with Gasteiger partial charge in [-0.1, -0.05) is 13.3 Å². The molecule has 2 rings (SSSR count). The van der Waals surface area contributed by atoms with Crippen LogP contribution in [0.25, 0.3) is 0 Å². The van der Waals surface area contributed by atoms with Crippen LogP contribution in [-0.2, 0) is 10.8 Å². The van der Waals surface area contributed by atoms with Crippen molar-refractivity contribution in [2.75, 3.05) is 5.75 Å². The summed E-state index contributed by atoms with van der Waals surface area (Å²) >= 11 is 1.38. The number of amidine groups is 1. The standard InChI is InChI=1S/C10H12N2O2S2/c1-2-3-7-6-16(14)8-4-5-15-9(8)10(11-7)12-13/h4-5,7H,2-3,6H2,1H3. The predicted molar refractivity (Wildman–Crippen MR) is 66.6 cm³/mol. The van der Waals surface area contributed by atoms with E-state index in [1.54, 1.807) is 6.07 Å². The van der Waals surface area contributed by atoms with E-state index in [1.807, 2.05) is 12.3 Å². The van der Waals surface area contributed by atoms with Gasteiger partial charge in [0.25, 0.3) is 0 Å². The number of thiophene rings is 1. The van der Waals surface area contributed by atoms with Crippen LogP contribution in [0.4, 0.5) is 0 Å². The van der Waals surface area contributed by atoms with Crippen molar-refractivity contribution in [1.82, 2.24) is 0 Å². The summed E-state index contributed by atoms with van der Waals surface area (Å²) in [6, 6.07) is 1.75. The minimum atomic E-state index is -1.06. The summed E-state index contributed by atoms with van der Waals surface area (Å²) in [5.74, 6) is 0.714. The summed E-state index contributed by atoms with van der Waals surface area (Å²) in [5.41, 5.74) is 0. The zero-order valence-electron chi connectivity index (χ0n) is 8.88. The van der Waals surface area contributed by atoms with Gasteiger partial charge in [0.2, 0.25) is 5.84 Å². The molecule has 0 spiro atoms. The molecular formula is C10H12N2O2S2. The van der Waals surface area contributed by atoms with Crippen molar-refractivity contribution >= 4 is 28.0 Å². The third-order valence-electron chi connectivity index (χ3n) is 2.43. The number of hydrogen-bond acceptors (Lipinski definition) is 5. The molecular weight excluding hydrogens is 244 g/mol. The summed E-state index contributed by atoms with van der Waals surface area (Å²) in [7, 11) is -1.06. The van der Waals surface area contributed by atoms with E-state index in [0.717, 1.165) is 12.8 Å². The topological polar surface area (TPSA) is 58.9 Å². The van der Waals surface area contributed by atoms with Crippen LogP contribution in [0.3, 0.4) is 0 Å². The zero-order chi connectivity index (χ0) is 11.5. The van der Waals surface area contributed by atoms with E-state index in [4.69, 9.17) is 0 Å². The van der Waals surface area contributed by atoms with Gasteiger partial charge in [0.05, 0.1) is 32.4 Å². The van der Waals surface area contributed by atoms with Gasteiger partial charge in [-0.15, -0.1) is 16.2 Å². The molecule has 6 heteroatoms. The van der Waals surface area contributed by atoms with Crippen LogP contribution in [0.5, 0.6) is 0 Å². The van der Waals surface area contributed by atoms with Crippen molar-refractivity contribution in [3.05, 3.63) is 21.2 Å². The largest absolute Gasteiger partial charge is 0.258 e. The molecule has 0 amide bonds. The maximum atomic E-state index is 12.0. The van der Waals surface area contributed by atoms with E-state index in [2.05, 4.69) is 10.2 Å². The smallest absolute Gasteiger partial charge is 0.210 e. The first kappa shape index (κ1) is 11.6. The lowest BCUT2D eigenvalue weighted by Gasteiger charge is -2.07. The van der Waals surface area contributed by atoms with Gasteiger partial charge in [-0.25, -0.2) is 0 Å². The number of nitroso groups, excluding NO2 is 1. The molecule has 0 saturated heterocycles. The first-order valence-electron chi connectivity index (χ1n) is 5.13. The Morgan fingerprint density at radius 1 is 1.69 bits per heavy atom. The van der Waals surface area contributed by atoms with Crippen LogP contribution in [0.15, 0.2) is 26.5 Å². The summed E-state index contributed by atoms with van der Waals surface area (Å²) in [6.07, 6.45) is 1.81. The van der Waals surface area contributed by atoms with Crippen LogP contribution in [0.1, 0.15) is 24.6 Å². The summed E-state index contributed by atoms with van der Waals surface area (Å²) in [5, 5.41) is 4.79. The van der Waals surface area contributed by atoms with Gasteiger partial charge in [0.1, 0.15) is 0 Å². The summed E-state index contributed by atoms with van der Waals surface area (Å²) < 4.78 is 12.0. The second kappa shape index (κ2) is 4.97. The molecule has 2 heterocycles. The van der Waals surface area contributed by atoms with E-state index >= 15 is 0 Å².